The first-order valence-electron chi connectivity index (χ1n) is 7.59. The van der Waals surface area contributed by atoms with Crippen molar-refractivity contribution < 1.29 is 9.59 Å². The zero-order valence-electron chi connectivity index (χ0n) is 12.7. The van der Waals surface area contributed by atoms with Crippen molar-refractivity contribution in [3.05, 3.63) is 31.6 Å². The van der Waals surface area contributed by atoms with Gasteiger partial charge in [0.05, 0.1) is 20.5 Å². The Kier molecular flexibility index (Phi) is 5.72. The molecule has 128 valence electrons. The van der Waals surface area contributed by atoms with Gasteiger partial charge in [-0.2, -0.15) is 5.10 Å². The lowest BCUT2D eigenvalue weighted by Gasteiger charge is -2.11. The van der Waals surface area contributed by atoms with Crippen molar-refractivity contribution in [3.63, 3.8) is 0 Å². The SMILES string of the molecule is O=C(Cn1cc(NC(=O)c2cc(Br)c(Br)s2)cn1)NC1CCCC1. The summed E-state index contributed by atoms with van der Waals surface area (Å²) in [6.45, 7) is 0.155. The Balaban J connectivity index is 1.54. The Morgan fingerprint density at radius 2 is 2.08 bits per heavy atom. The second kappa shape index (κ2) is 7.79. The molecule has 2 heterocycles. The molecule has 3 rings (SSSR count). The highest BCUT2D eigenvalue weighted by Gasteiger charge is 2.18. The van der Waals surface area contributed by atoms with E-state index in [2.05, 4.69) is 47.6 Å². The molecule has 0 bridgehead atoms. The smallest absolute Gasteiger partial charge is 0.265 e. The second-order valence-corrected chi connectivity index (χ2v) is 8.89. The number of anilines is 1. The first-order valence-corrected chi connectivity index (χ1v) is 9.99. The molecule has 0 saturated heterocycles. The van der Waals surface area contributed by atoms with Crippen molar-refractivity contribution >= 4 is 60.7 Å². The van der Waals surface area contributed by atoms with Crippen LogP contribution in [0, 0.1) is 0 Å². The fraction of sp³-hybridized carbons (Fsp3) is 0.400. The first-order chi connectivity index (χ1) is 11.5. The Morgan fingerprint density at radius 3 is 2.75 bits per heavy atom. The van der Waals surface area contributed by atoms with Crippen LogP contribution < -0.4 is 10.6 Å². The van der Waals surface area contributed by atoms with Crippen molar-refractivity contribution in [1.29, 1.82) is 0 Å². The minimum absolute atomic E-state index is 0.0472. The number of halogens is 2. The predicted molar refractivity (Wildman–Crippen MR) is 100 cm³/mol. The van der Waals surface area contributed by atoms with Crippen LogP contribution in [0.25, 0.3) is 0 Å². The van der Waals surface area contributed by atoms with E-state index in [9.17, 15) is 9.59 Å². The lowest BCUT2D eigenvalue weighted by molar-refractivity contribution is -0.122. The third-order valence-electron chi connectivity index (χ3n) is 3.79. The summed E-state index contributed by atoms with van der Waals surface area (Å²) in [5, 5.41) is 9.92. The molecule has 1 aliphatic carbocycles. The van der Waals surface area contributed by atoms with E-state index in [1.807, 2.05) is 0 Å². The van der Waals surface area contributed by atoms with Gasteiger partial charge in [-0.25, -0.2) is 0 Å². The quantitative estimate of drug-likeness (QED) is 0.690. The fourth-order valence-electron chi connectivity index (χ4n) is 2.66. The van der Waals surface area contributed by atoms with Crippen LogP contribution in [0.2, 0.25) is 0 Å². The van der Waals surface area contributed by atoms with Gasteiger partial charge in [-0.1, -0.05) is 12.8 Å². The molecule has 0 radical (unpaired) electrons. The number of amides is 2. The van der Waals surface area contributed by atoms with Gasteiger partial charge in [0, 0.05) is 16.7 Å². The molecule has 6 nitrogen and oxygen atoms in total. The molecule has 1 aliphatic rings. The minimum Gasteiger partial charge on any atom is -0.352 e. The lowest BCUT2D eigenvalue weighted by Crippen LogP contribution is -2.35. The summed E-state index contributed by atoms with van der Waals surface area (Å²) in [6, 6.07) is 2.05. The Hall–Kier alpha value is -1.19. The summed E-state index contributed by atoms with van der Waals surface area (Å²) >= 11 is 8.07. The maximum atomic E-state index is 12.2. The molecule has 2 amide bonds. The number of aromatic nitrogens is 2. The summed E-state index contributed by atoms with van der Waals surface area (Å²) in [7, 11) is 0. The van der Waals surface area contributed by atoms with Crippen molar-refractivity contribution in [2.75, 3.05) is 5.32 Å². The number of carbonyl (C=O) groups excluding carboxylic acids is 2. The molecule has 1 fully saturated rings. The lowest BCUT2D eigenvalue weighted by atomic mass is 10.2. The molecule has 9 heteroatoms. The topological polar surface area (TPSA) is 76.0 Å². The number of nitrogens with zero attached hydrogens (tertiary/aromatic N) is 2. The summed E-state index contributed by atoms with van der Waals surface area (Å²) in [5.41, 5.74) is 0.564. The average Bonchev–Trinajstić information content (AvgIpc) is 3.24. The molecule has 2 aromatic rings. The van der Waals surface area contributed by atoms with Gasteiger partial charge in [-0.3, -0.25) is 14.3 Å². The van der Waals surface area contributed by atoms with Crippen molar-refractivity contribution in [1.82, 2.24) is 15.1 Å². The summed E-state index contributed by atoms with van der Waals surface area (Å²) in [5.74, 6) is -0.254. The van der Waals surface area contributed by atoms with Crippen LogP contribution in [0.3, 0.4) is 0 Å². The van der Waals surface area contributed by atoms with Crippen LogP contribution in [0.5, 0.6) is 0 Å². The average molecular weight is 476 g/mol. The van der Waals surface area contributed by atoms with Gasteiger partial charge in [0.2, 0.25) is 5.91 Å². The second-order valence-electron chi connectivity index (χ2n) is 5.66. The van der Waals surface area contributed by atoms with Crippen molar-refractivity contribution in [2.24, 2.45) is 0 Å². The monoisotopic (exact) mass is 474 g/mol. The molecule has 0 atom stereocenters. The van der Waals surface area contributed by atoms with Crippen LogP contribution in [-0.4, -0.2) is 27.6 Å². The Labute approximate surface area is 160 Å². The third-order valence-corrected chi connectivity index (χ3v) is 7.04. The normalized spacial score (nSPS) is 14.8. The highest BCUT2D eigenvalue weighted by atomic mass is 79.9. The van der Waals surface area contributed by atoms with Gasteiger partial charge in [-0.15, -0.1) is 11.3 Å². The molecule has 0 aliphatic heterocycles. The number of nitrogens with one attached hydrogen (secondary N) is 2. The number of carbonyl (C=O) groups is 2. The number of hydrogen-bond acceptors (Lipinski definition) is 4. The zero-order valence-corrected chi connectivity index (χ0v) is 16.7. The van der Waals surface area contributed by atoms with E-state index >= 15 is 0 Å². The summed E-state index contributed by atoms with van der Waals surface area (Å²) < 4.78 is 3.24. The molecule has 1 saturated carbocycles. The molecule has 2 N–H and O–H groups in total. The van der Waals surface area contributed by atoms with E-state index in [1.54, 1.807) is 18.5 Å². The first kappa shape index (κ1) is 17.6. The van der Waals surface area contributed by atoms with Crippen LogP contribution in [-0.2, 0) is 11.3 Å². The van der Waals surface area contributed by atoms with Crippen LogP contribution >= 0.6 is 43.2 Å². The van der Waals surface area contributed by atoms with Gasteiger partial charge in [0.25, 0.3) is 5.91 Å². The van der Waals surface area contributed by atoms with E-state index in [-0.39, 0.29) is 18.4 Å². The summed E-state index contributed by atoms with van der Waals surface area (Å²) in [4.78, 5) is 24.8. The van der Waals surface area contributed by atoms with Gasteiger partial charge in [0.15, 0.2) is 0 Å². The van der Waals surface area contributed by atoms with E-state index in [1.165, 1.54) is 28.9 Å². The van der Waals surface area contributed by atoms with E-state index in [4.69, 9.17) is 0 Å². The van der Waals surface area contributed by atoms with Crippen LogP contribution in [0.1, 0.15) is 35.4 Å². The van der Waals surface area contributed by atoms with Gasteiger partial charge < -0.3 is 10.6 Å². The molecule has 0 unspecified atom stereocenters. The van der Waals surface area contributed by atoms with E-state index in [0.29, 0.717) is 16.6 Å². The maximum absolute atomic E-state index is 12.2. The molecule has 2 aromatic heterocycles. The molecule has 0 aromatic carbocycles. The number of rotatable bonds is 5. The van der Waals surface area contributed by atoms with Crippen LogP contribution in [0.4, 0.5) is 5.69 Å². The van der Waals surface area contributed by atoms with Gasteiger partial charge in [0.1, 0.15) is 6.54 Å². The van der Waals surface area contributed by atoms with E-state index in [0.717, 1.165) is 21.1 Å². The summed E-state index contributed by atoms with van der Waals surface area (Å²) in [6.07, 6.45) is 7.66. The van der Waals surface area contributed by atoms with Crippen molar-refractivity contribution in [3.8, 4) is 0 Å². The Morgan fingerprint density at radius 1 is 1.33 bits per heavy atom. The van der Waals surface area contributed by atoms with Gasteiger partial charge >= 0.3 is 0 Å². The molecule has 24 heavy (non-hydrogen) atoms. The highest BCUT2D eigenvalue weighted by Crippen LogP contribution is 2.32. The zero-order chi connectivity index (χ0) is 17.1. The van der Waals surface area contributed by atoms with Gasteiger partial charge in [-0.05, 0) is 50.8 Å². The molecule has 0 spiro atoms. The van der Waals surface area contributed by atoms with Crippen molar-refractivity contribution in [2.45, 2.75) is 38.3 Å². The largest absolute Gasteiger partial charge is 0.352 e. The maximum Gasteiger partial charge on any atom is 0.265 e. The predicted octanol–water partition coefficient (Wildman–Crippen LogP) is 3.78. The minimum atomic E-state index is -0.207. The Bertz CT molecular complexity index is 733. The fourth-order valence-corrected chi connectivity index (χ4v) is 4.59. The molecular formula is C15H16Br2N4O2S. The number of thiophene rings is 1. The highest BCUT2D eigenvalue weighted by molar-refractivity contribution is 9.13. The number of hydrogen-bond donors (Lipinski definition) is 2. The third kappa shape index (κ3) is 4.46. The van der Waals surface area contributed by atoms with E-state index < -0.39 is 0 Å². The molecular weight excluding hydrogens is 460 g/mol. The van der Waals surface area contributed by atoms with Crippen LogP contribution in [0.15, 0.2) is 26.7 Å². The standard InChI is InChI=1S/C15H16Br2N4O2S/c16-11-5-12(24-14(11)17)15(23)20-10-6-18-21(7-10)8-13(22)19-9-3-1-2-4-9/h5-7,9H,1-4,8H2,(H,19,22)(H,20,23).